The molecule has 0 aromatic carbocycles. The monoisotopic (exact) mass is 292 g/mol. The Balaban J connectivity index is 2.97. The van der Waals surface area contributed by atoms with Crippen molar-refractivity contribution in [2.45, 2.75) is 24.8 Å². The van der Waals surface area contributed by atoms with E-state index in [0.29, 0.717) is 6.61 Å². The van der Waals surface area contributed by atoms with Crippen molar-refractivity contribution in [2.75, 3.05) is 13.7 Å². The van der Waals surface area contributed by atoms with Gasteiger partial charge in [-0.3, -0.25) is 0 Å². The van der Waals surface area contributed by atoms with Gasteiger partial charge in [0.25, 0.3) is 0 Å². The molecule has 0 saturated carbocycles. The number of nitrogens with zero attached hydrogens (tertiary/aromatic N) is 1. The zero-order valence-corrected chi connectivity index (χ0v) is 12.1. The molecule has 1 rings (SSSR count). The molecule has 0 amide bonds. The first-order valence-electron chi connectivity index (χ1n) is 5.50. The van der Waals surface area contributed by atoms with Crippen LogP contribution in [0.15, 0.2) is 23.2 Å². The summed E-state index contributed by atoms with van der Waals surface area (Å²) < 4.78 is 31.9. The fraction of sp³-hybridized carbons (Fsp3) is 0.545. The third-order valence-corrected chi connectivity index (χ3v) is 4.41. The predicted molar refractivity (Wildman–Crippen MR) is 70.1 cm³/mol. The van der Waals surface area contributed by atoms with Gasteiger partial charge in [0.2, 0.25) is 10.0 Å². The van der Waals surface area contributed by atoms with Crippen LogP contribution in [0, 0.1) is 5.92 Å². The first kappa shape index (κ1) is 15.4. The lowest BCUT2D eigenvalue weighted by Crippen LogP contribution is -2.41. The lowest BCUT2D eigenvalue weighted by Gasteiger charge is -2.21. The van der Waals surface area contributed by atoms with Crippen molar-refractivity contribution in [2.24, 2.45) is 5.92 Å². The summed E-state index contributed by atoms with van der Waals surface area (Å²) in [6.07, 6.45) is 1.44. The third kappa shape index (κ3) is 3.91. The van der Waals surface area contributed by atoms with Gasteiger partial charge in [-0.25, -0.2) is 18.1 Å². The number of sulfonamides is 1. The molecule has 0 saturated heterocycles. The Hall–Kier alpha value is -0.690. The highest BCUT2D eigenvalue weighted by molar-refractivity contribution is 7.89. The lowest BCUT2D eigenvalue weighted by atomic mass is 10.1. The minimum Gasteiger partial charge on any atom is -0.383 e. The number of hydrogen-bond donors (Lipinski definition) is 1. The predicted octanol–water partition coefficient (Wildman–Crippen LogP) is 1.68. The third-order valence-electron chi connectivity index (χ3n) is 2.47. The van der Waals surface area contributed by atoms with Crippen molar-refractivity contribution in [1.29, 1.82) is 0 Å². The summed E-state index contributed by atoms with van der Waals surface area (Å²) in [6.45, 7) is 4.13. The van der Waals surface area contributed by atoms with Crippen LogP contribution >= 0.6 is 11.6 Å². The molecule has 0 spiro atoms. The summed E-state index contributed by atoms with van der Waals surface area (Å²) in [4.78, 5) is 3.74. The van der Waals surface area contributed by atoms with Gasteiger partial charge < -0.3 is 4.74 Å². The topological polar surface area (TPSA) is 68.3 Å². The molecule has 5 nitrogen and oxygen atoms in total. The van der Waals surface area contributed by atoms with Crippen molar-refractivity contribution in [3.63, 3.8) is 0 Å². The first-order chi connectivity index (χ1) is 8.38. The second kappa shape index (κ2) is 6.47. The van der Waals surface area contributed by atoms with Gasteiger partial charge in [0.15, 0.2) is 0 Å². The zero-order valence-electron chi connectivity index (χ0n) is 10.6. The fourth-order valence-electron chi connectivity index (χ4n) is 1.38. The summed E-state index contributed by atoms with van der Waals surface area (Å²) >= 11 is 5.79. The maximum absolute atomic E-state index is 12.2. The van der Waals surface area contributed by atoms with Crippen LogP contribution in [-0.2, 0) is 14.8 Å². The van der Waals surface area contributed by atoms with E-state index in [1.807, 2.05) is 13.8 Å². The van der Waals surface area contributed by atoms with E-state index in [-0.39, 0.29) is 22.0 Å². The average molecular weight is 293 g/mol. The molecule has 1 unspecified atom stereocenters. The van der Waals surface area contributed by atoms with E-state index in [1.165, 1.54) is 25.4 Å². The number of hydrogen-bond acceptors (Lipinski definition) is 4. The van der Waals surface area contributed by atoms with Gasteiger partial charge in [0.1, 0.15) is 10.0 Å². The average Bonchev–Trinajstić information content (AvgIpc) is 2.28. The molecule has 18 heavy (non-hydrogen) atoms. The Kier molecular flexibility index (Phi) is 5.52. The molecule has 1 heterocycles. The van der Waals surface area contributed by atoms with Crippen LogP contribution in [0.5, 0.6) is 0 Å². The normalized spacial score (nSPS) is 13.8. The highest BCUT2D eigenvalue weighted by atomic mass is 35.5. The Morgan fingerprint density at radius 3 is 2.67 bits per heavy atom. The Morgan fingerprint density at radius 2 is 2.17 bits per heavy atom. The molecule has 0 bridgehead atoms. The molecule has 0 radical (unpaired) electrons. The van der Waals surface area contributed by atoms with E-state index in [9.17, 15) is 8.42 Å². The SMILES string of the molecule is COCC(NS(=O)(=O)c1cccnc1Cl)C(C)C. The van der Waals surface area contributed by atoms with Crippen LogP contribution < -0.4 is 4.72 Å². The molecule has 0 aliphatic heterocycles. The van der Waals surface area contributed by atoms with Crippen LogP contribution in [0.2, 0.25) is 5.15 Å². The Morgan fingerprint density at radius 1 is 1.50 bits per heavy atom. The molecule has 0 fully saturated rings. The smallest absolute Gasteiger partial charge is 0.243 e. The highest BCUT2D eigenvalue weighted by Crippen LogP contribution is 2.18. The van der Waals surface area contributed by atoms with E-state index in [2.05, 4.69) is 9.71 Å². The van der Waals surface area contributed by atoms with Crippen molar-refractivity contribution < 1.29 is 13.2 Å². The van der Waals surface area contributed by atoms with Crippen LogP contribution in [-0.4, -0.2) is 33.2 Å². The van der Waals surface area contributed by atoms with Gasteiger partial charge in [-0.05, 0) is 18.1 Å². The minimum atomic E-state index is -3.68. The van der Waals surface area contributed by atoms with E-state index >= 15 is 0 Å². The molecule has 102 valence electrons. The summed E-state index contributed by atoms with van der Waals surface area (Å²) in [5.41, 5.74) is 0. The molecule has 1 atom stereocenters. The van der Waals surface area contributed by atoms with Gasteiger partial charge in [-0.15, -0.1) is 0 Å². The highest BCUT2D eigenvalue weighted by Gasteiger charge is 2.24. The number of rotatable bonds is 6. The maximum atomic E-state index is 12.2. The molecule has 7 heteroatoms. The molecular weight excluding hydrogens is 276 g/mol. The largest absolute Gasteiger partial charge is 0.383 e. The lowest BCUT2D eigenvalue weighted by molar-refractivity contribution is 0.157. The summed E-state index contributed by atoms with van der Waals surface area (Å²) in [7, 11) is -2.15. The molecule has 0 aliphatic rings. The number of aromatic nitrogens is 1. The second-order valence-electron chi connectivity index (χ2n) is 4.22. The first-order valence-corrected chi connectivity index (χ1v) is 7.36. The van der Waals surface area contributed by atoms with Crippen molar-refractivity contribution in [3.05, 3.63) is 23.5 Å². The van der Waals surface area contributed by atoms with Crippen molar-refractivity contribution >= 4 is 21.6 Å². The van der Waals surface area contributed by atoms with Gasteiger partial charge in [0.05, 0.1) is 6.61 Å². The summed E-state index contributed by atoms with van der Waals surface area (Å²) in [6, 6.07) is 2.64. The Bertz CT molecular complexity index is 491. The standard InChI is InChI=1S/C11H17ClN2O3S/c1-8(2)9(7-17-3)14-18(15,16)10-5-4-6-13-11(10)12/h4-6,8-9,14H,7H2,1-3H3. The van der Waals surface area contributed by atoms with Gasteiger partial charge in [-0.1, -0.05) is 25.4 Å². The van der Waals surface area contributed by atoms with E-state index in [1.54, 1.807) is 0 Å². The number of nitrogens with one attached hydrogen (secondary N) is 1. The van der Waals surface area contributed by atoms with E-state index in [4.69, 9.17) is 16.3 Å². The number of halogens is 1. The van der Waals surface area contributed by atoms with Crippen LogP contribution in [0.4, 0.5) is 0 Å². The van der Waals surface area contributed by atoms with Gasteiger partial charge in [-0.2, -0.15) is 0 Å². The summed E-state index contributed by atoms with van der Waals surface area (Å²) in [5.74, 6) is 0.107. The van der Waals surface area contributed by atoms with E-state index < -0.39 is 10.0 Å². The van der Waals surface area contributed by atoms with Gasteiger partial charge >= 0.3 is 0 Å². The van der Waals surface area contributed by atoms with Crippen molar-refractivity contribution in [1.82, 2.24) is 9.71 Å². The van der Waals surface area contributed by atoms with Crippen molar-refractivity contribution in [3.8, 4) is 0 Å². The number of methoxy groups -OCH3 is 1. The molecular formula is C11H17ClN2O3S. The summed E-state index contributed by atoms with van der Waals surface area (Å²) in [5, 5.41) is -0.0371. The van der Waals surface area contributed by atoms with Crippen LogP contribution in [0.3, 0.4) is 0 Å². The van der Waals surface area contributed by atoms with Gasteiger partial charge in [0, 0.05) is 19.3 Å². The molecule has 1 aromatic heterocycles. The zero-order chi connectivity index (χ0) is 13.8. The van der Waals surface area contributed by atoms with Crippen LogP contribution in [0.25, 0.3) is 0 Å². The van der Waals surface area contributed by atoms with Crippen LogP contribution in [0.1, 0.15) is 13.8 Å². The number of pyridine rings is 1. The molecule has 0 aliphatic carbocycles. The molecule has 1 aromatic rings. The number of ether oxygens (including phenoxy) is 1. The minimum absolute atomic E-state index is 0.0200. The van der Waals surface area contributed by atoms with E-state index in [0.717, 1.165) is 0 Å². The Labute approximate surface area is 113 Å². The fourth-order valence-corrected chi connectivity index (χ4v) is 3.20. The second-order valence-corrected chi connectivity index (χ2v) is 6.26. The molecule has 1 N–H and O–H groups in total. The maximum Gasteiger partial charge on any atom is 0.243 e. The quantitative estimate of drug-likeness (QED) is 0.810.